The molecular weight excluding hydrogens is 336 g/mol. The van der Waals surface area contributed by atoms with Gasteiger partial charge in [0, 0.05) is 15.9 Å². The maximum Gasteiger partial charge on any atom is 0.222 e. The Hall–Kier alpha value is -2.83. The molecule has 0 saturated carbocycles. The molecule has 5 rings (SSSR count). The molecule has 0 N–H and O–H groups in total. The first-order valence-electron chi connectivity index (χ1n) is 8.64. The summed E-state index contributed by atoms with van der Waals surface area (Å²) in [6.07, 6.45) is 2.11. The van der Waals surface area contributed by atoms with E-state index >= 15 is 0 Å². The Bertz CT molecular complexity index is 1300. The van der Waals surface area contributed by atoms with Crippen LogP contribution in [0.2, 0.25) is 0 Å². The molecule has 0 bridgehead atoms. The lowest BCUT2D eigenvalue weighted by molar-refractivity contribution is -0.659. The summed E-state index contributed by atoms with van der Waals surface area (Å²) in [6, 6.07) is 14.8. The number of fused-ring (bicyclic) bond motifs is 3. The molecule has 3 aromatic carbocycles. The molecule has 0 amide bonds. The highest BCUT2D eigenvalue weighted by Gasteiger charge is 2.30. The van der Waals surface area contributed by atoms with Gasteiger partial charge in [-0.1, -0.05) is 36.0 Å². The maximum absolute atomic E-state index is 7.44. The third-order valence-electron chi connectivity index (χ3n) is 5.44. The van der Waals surface area contributed by atoms with Crippen molar-refractivity contribution in [3.63, 3.8) is 0 Å². The molecule has 0 radical (unpaired) electrons. The van der Waals surface area contributed by atoms with Gasteiger partial charge in [0.1, 0.15) is 7.05 Å². The Morgan fingerprint density at radius 2 is 1.73 bits per heavy atom. The van der Waals surface area contributed by atoms with Crippen LogP contribution in [0, 0.1) is 20.4 Å². The molecular formula is C23H17N2S+. The first-order valence-corrected chi connectivity index (χ1v) is 9.46. The fourth-order valence-electron chi connectivity index (χ4n) is 4.17. The molecule has 0 atom stereocenters. The highest BCUT2D eigenvalue weighted by molar-refractivity contribution is 7.99. The summed E-state index contributed by atoms with van der Waals surface area (Å²) in [6.45, 7) is 11.9. The van der Waals surface area contributed by atoms with Gasteiger partial charge >= 0.3 is 0 Å². The number of hydrogen-bond donors (Lipinski definition) is 0. The zero-order valence-electron chi connectivity index (χ0n) is 14.9. The number of benzene rings is 3. The SMILES string of the molecule is [C-]#[N+]c1cc2c3c([n+](C)ccc3c1)-c1c(c(C)c3ccccc3c1C)S2. The predicted octanol–water partition coefficient (Wildman–Crippen LogP) is 6.12. The van der Waals surface area contributed by atoms with Crippen molar-refractivity contribution in [2.45, 2.75) is 23.6 Å². The van der Waals surface area contributed by atoms with Gasteiger partial charge in [0.2, 0.25) is 5.69 Å². The zero-order chi connectivity index (χ0) is 18.0. The quantitative estimate of drug-likeness (QED) is 0.241. The van der Waals surface area contributed by atoms with Gasteiger partial charge in [-0.05, 0) is 53.3 Å². The minimum Gasteiger partial charge on any atom is -0.238 e. The molecule has 0 unspecified atom stereocenters. The van der Waals surface area contributed by atoms with Crippen LogP contribution in [0.15, 0.2) is 58.5 Å². The third kappa shape index (κ3) is 1.91. The van der Waals surface area contributed by atoms with Gasteiger partial charge in [0.05, 0.1) is 17.5 Å². The molecule has 0 fully saturated rings. The van der Waals surface area contributed by atoms with Crippen molar-refractivity contribution in [2.75, 3.05) is 0 Å². The average molecular weight is 353 g/mol. The topological polar surface area (TPSA) is 8.24 Å². The molecule has 1 aromatic heterocycles. The summed E-state index contributed by atoms with van der Waals surface area (Å²) in [5, 5.41) is 5.04. The van der Waals surface area contributed by atoms with Crippen LogP contribution in [0.4, 0.5) is 5.69 Å². The number of pyridine rings is 1. The van der Waals surface area contributed by atoms with Crippen molar-refractivity contribution in [3.8, 4) is 11.3 Å². The van der Waals surface area contributed by atoms with Gasteiger partial charge < -0.3 is 0 Å². The molecule has 26 heavy (non-hydrogen) atoms. The fourth-order valence-corrected chi connectivity index (χ4v) is 5.50. The molecule has 124 valence electrons. The van der Waals surface area contributed by atoms with Gasteiger partial charge in [0.15, 0.2) is 11.9 Å². The highest BCUT2D eigenvalue weighted by Crippen LogP contribution is 2.51. The molecule has 2 heterocycles. The van der Waals surface area contributed by atoms with Crippen LogP contribution in [-0.2, 0) is 7.05 Å². The molecule has 0 saturated heterocycles. The zero-order valence-corrected chi connectivity index (χ0v) is 15.7. The van der Waals surface area contributed by atoms with Crippen LogP contribution >= 0.6 is 11.8 Å². The first kappa shape index (κ1) is 15.4. The van der Waals surface area contributed by atoms with E-state index in [0.717, 1.165) is 5.39 Å². The summed E-state index contributed by atoms with van der Waals surface area (Å²) in [7, 11) is 2.12. The van der Waals surface area contributed by atoms with E-state index < -0.39 is 0 Å². The van der Waals surface area contributed by atoms with Crippen molar-refractivity contribution in [1.29, 1.82) is 0 Å². The van der Waals surface area contributed by atoms with Crippen molar-refractivity contribution in [1.82, 2.24) is 0 Å². The molecule has 1 aliphatic heterocycles. The van der Waals surface area contributed by atoms with E-state index in [4.69, 9.17) is 6.57 Å². The lowest BCUT2D eigenvalue weighted by Crippen LogP contribution is -2.31. The van der Waals surface area contributed by atoms with E-state index in [9.17, 15) is 0 Å². The lowest BCUT2D eigenvalue weighted by atomic mass is 9.91. The Kier molecular flexibility index (Phi) is 3.16. The molecule has 1 aliphatic rings. The van der Waals surface area contributed by atoms with E-state index in [0.29, 0.717) is 5.69 Å². The van der Waals surface area contributed by atoms with E-state index in [-0.39, 0.29) is 0 Å². The van der Waals surface area contributed by atoms with Crippen molar-refractivity contribution in [2.24, 2.45) is 7.05 Å². The molecule has 4 aromatic rings. The second-order valence-corrected chi connectivity index (χ2v) is 7.95. The molecule has 0 spiro atoms. The van der Waals surface area contributed by atoms with Crippen molar-refractivity contribution >= 4 is 39.0 Å². The van der Waals surface area contributed by atoms with Gasteiger partial charge in [-0.2, -0.15) is 0 Å². The summed E-state index contributed by atoms with van der Waals surface area (Å²) in [5.74, 6) is 0. The van der Waals surface area contributed by atoms with E-state index in [1.54, 1.807) is 0 Å². The highest BCUT2D eigenvalue weighted by atomic mass is 32.2. The van der Waals surface area contributed by atoms with E-state index in [1.807, 2.05) is 23.9 Å². The number of nitrogens with zero attached hydrogens (tertiary/aromatic N) is 2. The number of aryl methyl sites for hydroxylation is 3. The Labute approximate surface area is 156 Å². The minimum absolute atomic E-state index is 0.707. The van der Waals surface area contributed by atoms with Gasteiger partial charge in [-0.25, -0.2) is 9.41 Å². The van der Waals surface area contributed by atoms with E-state index in [1.165, 1.54) is 48.3 Å². The maximum atomic E-state index is 7.44. The fraction of sp³-hybridized carbons (Fsp3) is 0.130. The Morgan fingerprint density at radius 3 is 2.46 bits per heavy atom. The second kappa shape index (κ2) is 5.33. The Balaban J connectivity index is 2.03. The van der Waals surface area contributed by atoms with Crippen LogP contribution in [-0.4, -0.2) is 0 Å². The average Bonchev–Trinajstić information content (AvgIpc) is 2.67. The van der Waals surface area contributed by atoms with Crippen LogP contribution in [0.1, 0.15) is 11.1 Å². The van der Waals surface area contributed by atoms with Gasteiger partial charge in [-0.3, -0.25) is 0 Å². The van der Waals surface area contributed by atoms with Crippen LogP contribution in [0.5, 0.6) is 0 Å². The standard InChI is InChI=1S/C23H17N2S/c1-13-17-7-5-6-8-18(17)14(2)23-20(13)22-21-15(9-10-25(22)4)11-16(24-3)12-19(21)26-23/h5-12H,1-2,4H3/q+1. The van der Waals surface area contributed by atoms with E-state index in [2.05, 4.69) is 66.8 Å². The monoisotopic (exact) mass is 353 g/mol. The normalized spacial score (nSPS) is 12.2. The van der Waals surface area contributed by atoms with Crippen LogP contribution in [0.25, 0.3) is 37.6 Å². The largest absolute Gasteiger partial charge is 0.238 e. The minimum atomic E-state index is 0.707. The second-order valence-electron chi connectivity index (χ2n) is 6.90. The lowest BCUT2D eigenvalue weighted by Gasteiger charge is -2.23. The summed E-state index contributed by atoms with van der Waals surface area (Å²) in [4.78, 5) is 6.18. The van der Waals surface area contributed by atoms with Gasteiger partial charge in [-0.15, -0.1) is 0 Å². The number of aromatic nitrogens is 1. The molecule has 0 aliphatic carbocycles. The number of rotatable bonds is 0. The summed E-state index contributed by atoms with van der Waals surface area (Å²) in [5.41, 5.74) is 5.95. The van der Waals surface area contributed by atoms with Crippen LogP contribution in [0.3, 0.4) is 0 Å². The summed E-state index contributed by atoms with van der Waals surface area (Å²) < 4.78 is 2.23. The van der Waals surface area contributed by atoms with Crippen LogP contribution < -0.4 is 4.57 Å². The Morgan fingerprint density at radius 1 is 1.00 bits per heavy atom. The molecule has 2 nitrogen and oxygen atoms in total. The number of hydrogen-bond acceptors (Lipinski definition) is 1. The van der Waals surface area contributed by atoms with Gasteiger partial charge in [0.25, 0.3) is 0 Å². The molecule has 3 heteroatoms. The smallest absolute Gasteiger partial charge is 0.222 e. The van der Waals surface area contributed by atoms with Crippen molar-refractivity contribution < 1.29 is 4.57 Å². The predicted molar refractivity (Wildman–Crippen MR) is 108 cm³/mol. The van der Waals surface area contributed by atoms with Crippen molar-refractivity contribution in [3.05, 3.63) is 71.2 Å². The first-order chi connectivity index (χ1) is 12.6. The third-order valence-corrected chi connectivity index (χ3v) is 6.70. The summed E-state index contributed by atoms with van der Waals surface area (Å²) >= 11 is 1.81.